The molecule has 1 aliphatic heterocycles. The minimum Gasteiger partial charge on any atom is -0.333 e. The van der Waals surface area contributed by atoms with Crippen LogP contribution in [0.5, 0.6) is 0 Å². The number of nitrogens with zero attached hydrogens (tertiary/aromatic N) is 4. The maximum atomic E-state index is 13.1. The van der Waals surface area contributed by atoms with Crippen LogP contribution < -0.4 is 0 Å². The van der Waals surface area contributed by atoms with Crippen LogP contribution in [0.4, 0.5) is 4.39 Å². The van der Waals surface area contributed by atoms with Gasteiger partial charge in [0.05, 0.1) is 11.2 Å². The van der Waals surface area contributed by atoms with Gasteiger partial charge in [0.2, 0.25) is 0 Å². The molecule has 2 aromatic heterocycles. The van der Waals surface area contributed by atoms with Crippen LogP contribution in [0.2, 0.25) is 5.02 Å². The van der Waals surface area contributed by atoms with E-state index in [1.165, 1.54) is 10.7 Å². The molecule has 1 amide bonds. The second kappa shape index (κ2) is 5.87. The van der Waals surface area contributed by atoms with Crippen molar-refractivity contribution in [3.05, 3.63) is 64.1 Å². The second-order valence-corrected chi connectivity index (χ2v) is 6.21. The lowest BCUT2D eigenvalue weighted by molar-refractivity contribution is 0.0728. The first kappa shape index (κ1) is 15.1. The molecule has 24 heavy (non-hydrogen) atoms. The second-order valence-electron chi connectivity index (χ2n) is 5.77. The highest BCUT2D eigenvalue weighted by Gasteiger charge is 2.25. The Kier molecular flexibility index (Phi) is 3.69. The van der Waals surface area contributed by atoms with Crippen molar-refractivity contribution >= 4 is 23.2 Å². The van der Waals surface area contributed by atoms with Crippen molar-refractivity contribution in [3.63, 3.8) is 0 Å². The van der Waals surface area contributed by atoms with E-state index in [9.17, 15) is 9.18 Å². The number of halogens is 2. The zero-order valence-electron chi connectivity index (χ0n) is 12.7. The maximum Gasteiger partial charge on any atom is 0.274 e. The van der Waals surface area contributed by atoms with Gasteiger partial charge in [0.25, 0.3) is 5.91 Å². The van der Waals surface area contributed by atoms with Crippen molar-refractivity contribution in [2.45, 2.75) is 19.6 Å². The van der Waals surface area contributed by atoms with Crippen molar-refractivity contribution in [3.8, 4) is 0 Å². The van der Waals surface area contributed by atoms with Gasteiger partial charge in [0, 0.05) is 25.4 Å². The van der Waals surface area contributed by atoms with E-state index in [1.54, 1.807) is 23.2 Å². The van der Waals surface area contributed by atoms with Crippen LogP contribution in [0, 0.1) is 0 Å². The fraction of sp³-hybridized carbons (Fsp3) is 0.235. The summed E-state index contributed by atoms with van der Waals surface area (Å²) >= 11 is 5.89. The molecule has 0 aliphatic carbocycles. The van der Waals surface area contributed by atoms with Crippen molar-refractivity contribution in [2.24, 2.45) is 0 Å². The SMILES string of the molecule is O=C(c1cc2ncc(Cl)cn2n1)N1CCc2c(CF)cccc2C1. The molecule has 0 radical (unpaired) electrons. The molecule has 1 aliphatic rings. The third-order valence-corrected chi connectivity index (χ3v) is 4.49. The molecule has 0 saturated heterocycles. The monoisotopic (exact) mass is 344 g/mol. The minimum atomic E-state index is -0.476. The van der Waals surface area contributed by atoms with Crippen molar-refractivity contribution < 1.29 is 9.18 Å². The van der Waals surface area contributed by atoms with Crippen LogP contribution in [-0.2, 0) is 19.6 Å². The summed E-state index contributed by atoms with van der Waals surface area (Å²) in [6, 6.07) is 7.22. The molecule has 0 spiro atoms. The molecule has 3 heterocycles. The predicted octanol–water partition coefficient (Wildman–Crippen LogP) is 3.05. The van der Waals surface area contributed by atoms with Gasteiger partial charge in [-0.1, -0.05) is 29.8 Å². The van der Waals surface area contributed by atoms with E-state index in [2.05, 4.69) is 10.1 Å². The molecule has 122 valence electrons. The summed E-state index contributed by atoms with van der Waals surface area (Å²) in [7, 11) is 0. The highest BCUT2D eigenvalue weighted by molar-refractivity contribution is 6.30. The molecule has 0 bridgehead atoms. The van der Waals surface area contributed by atoms with Gasteiger partial charge in [0.1, 0.15) is 6.67 Å². The zero-order valence-corrected chi connectivity index (χ0v) is 13.5. The Hall–Kier alpha value is -2.47. The first-order valence-corrected chi connectivity index (χ1v) is 7.99. The Morgan fingerprint density at radius 2 is 2.25 bits per heavy atom. The summed E-state index contributed by atoms with van der Waals surface area (Å²) in [4.78, 5) is 18.6. The van der Waals surface area contributed by atoms with E-state index in [0.29, 0.717) is 41.4 Å². The number of carbonyl (C=O) groups excluding carboxylic acids is 1. The third kappa shape index (κ3) is 2.53. The largest absolute Gasteiger partial charge is 0.333 e. The number of fused-ring (bicyclic) bond motifs is 2. The molecule has 0 N–H and O–H groups in total. The molecule has 4 rings (SSSR count). The Bertz CT molecular complexity index is 939. The molecule has 3 aromatic rings. The summed E-state index contributed by atoms with van der Waals surface area (Å²) < 4.78 is 14.6. The van der Waals surface area contributed by atoms with Gasteiger partial charge in [-0.25, -0.2) is 13.9 Å². The Morgan fingerprint density at radius 1 is 1.38 bits per heavy atom. The van der Waals surface area contributed by atoms with E-state index < -0.39 is 6.67 Å². The standard InChI is InChI=1S/C17H14ClFN4O/c18-13-8-20-16-6-15(21-23(16)10-13)17(24)22-5-4-14-11(7-19)2-1-3-12(14)9-22/h1-3,6,8,10H,4-5,7,9H2. The smallest absolute Gasteiger partial charge is 0.274 e. The highest BCUT2D eigenvalue weighted by Crippen LogP contribution is 2.24. The highest BCUT2D eigenvalue weighted by atomic mass is 35.5. The predicted molar refractivity (Wildman–Crippen MR) is 87.7 cm³/mol. The van der Waals surface area contributed by atoms with Crippen LogP contribution >= 0.6 is 11.6 Å². The summed E-state index contributed by atoms with van der Waals surface area (Å²) in [6.45, 7) is 0.533. The number of aromatic nitrogens is 3. The quantitative estimate of drug-likeness (QED) is 0.718. The topological polar surface area (TPSA) is 50.5 Å². The van der Waals surface area contributed by atoms with Gasteiger partial charge in [-0.05, 0) is 23.1 Å². The molecule has 0 unspecified atom stereocenters. The Morgan fingerprint density at radius 3 is 3.08 bits per heavy atom. The van der Waals surface area contributed by atoms with E-state index in [0.717, 1.165) is 11.1 Å². The molecule has 7 heteroatoms. The minimum absolute atomic E-state index is 0.159. The number of hydrogen-bond donors (Lipinski definition) is 0. The van der Waals surface area contributed by atoms with E-state index >= 15 is 0 Å². The van der Waals surface area contributed by atoms with Gasteiger partial charge >= 0.3 is 0 Å². The van der Waals surface area contributed by atoms with Gasteiger partial charge < -0.3 is 4.90 Å². The summed E-state index contributed by atoms with van der Waals surface area (Å²) in [6.07, 6.45) is 3.78. The van der Waals surface area contributed by atoms with Crippen LogP contribution in [0.1, 0.15) is 27.2 Å². The van der Waals surface area contributed by atoms with Crippen LogP contribution in [0.25, 0.3) is 5.65 Å². The molecule has 0 atom stereocenters. The van der Waals surface area contributed by atoms with Crippen LogP contribution in [-0.4, -0.2) is 31.9 Å². The van der Waals surface area contributed by atoms with Gasteiger partial charge in [0.15, 0.2) is 11.3 Å². The summed E-state index contributed by atoms with van der Waals surface area (Å²) in [5, 5.41) is 4.71. The molecule has 0 fully saturated rings. The summed E-state index contributed by atoms with van der Waals surface area (Å²) in [5.41, 5.74) is 3.63. The Labute approximate surface area is 142 Å². The van der Waals surface area contributed by atoms with E-state index in [-0.39, 0.29) is 5.91 Å². The lowest BCUT2D eigenvalue weighted by atomic mass is 9.95. The third-order valence-electron chi connectivity index (χ3n) is 4.30. The average Bonchev–Trinajstić information content (AvgIpc) is 3.03. The first-order valence-electron chi connectivity index (χ1n) is 7.61. The fourth-order valence-corrected chi connectivity index (χ4v) is 3.25. The van der Waals surface area contributed by atoms with Crippen molar-refractivity contribution in [2.75, 3.05) is 6.54 Å². The zero-order chi connectivity index (χ0) is 16.7. The number of amides is 1. The molecule has 5 nitrogen and oxygen atoms in total. The lowest BCUT2D eigenvalue weighted by Crippen LogP contribution is -2.36. The van der Waals surface area contributed by atoms with Crippen molar-refractivity contribution in [1.29, 1.82) is 0 Å². The van der Waals surface area contributed by atoms with Crippen molar-refractivity contribution in [1.82, 2.24) is 19.5 Å². The molecular weight excluding hydrogens is 331 g/mol. The molecule has 0 saturated carbocycles. The number of benzene rings is 1. The van der Waals surface area contributed by atoms with E-state index in [4.69, 9.17) is 11.6 Å². The fourth-order valence-electron chi connectivity index (χ4n) is 3.11. The van der Waals surface area contributed by atoms with Crippen LogP contribution in [0.3, 0.4) is 0 Å². The number of rotatable bonds is 2. The van der Waals surface area contributed by atoms with Gasteiger partial charge in [-0.15, -0.1) is 0 Å². The average molecular weight is 345 g/mol. The van der Waals surface area contributed by atoms with E-state index in [1.807, 2.05) is 12.1 Å². The maximum absolute atomic E-state index is 13.1. The van der Waals surface area contributed by atoms with Crippen LogP contribution in [0.15, 0.2) is 36.7 Å². The first-order chi connectivity index (χ1) is 11.7. The number of carbonyl (C=O) groups is 1. The number of alkyl halides is 1. The van der Waals surface area contributed by atoms with Gasteiger partial charge in [-0.2, -0.15) is 5.10 Å². The lowest BCUT2D eigenvalue weighted by Gasteiger charge is -2.29. The van der Waals surface area contributed by atoms with Gasteiger partial charge in [-0.3, -0.25) is 4.79 Å². The summed E-state index contributed by atoms with van der Waals surface area (Å²) in [5.74, 6) is -0.159. The molecular formula is C17H14ClFN4O. The number of hydrogen-bond acceptors (Lipinski definition) is 3. The Balaban J connectivity index is 1.62. The molecule has 1 aromatic carbocycles. The normalized spacial score (nSPS) is 14.0.